The Hall–Kier alpha value is -1.88. The third-order valence-electron chi connectivity index (χ3n) is 3.04. The maximum Gasteiger partial charge on any atom is 0.154 e. The minimum Gasteiger partial charge on any atom is -0.396 e. The number of hydrogen-bond acceptors (Lipinski definition) is 4. The van der Waals surface area contributed by atoms with Crippen LogP contribution in [0.3, 0.4) is 0 Å². The first-order chi connectivity index (χ1) is 9.85. The summed E-state index contributed by atoms with van der Waals surface area (Å²) in [6, 6.07) is 3.85. The fourth-order valence-electron chi connectivity index (χ4n) is 1.92. The van der Waals surface area contributed by atoms with Crippen molar-refractivity contribution in [2.45, 2.75) is 32.6 Å². The van der Waals surface area contributed by atoms with Crippen LogP contribution in [0.1, 0.15) is 38.3 Å². The molecular weight excluding hydrogens is 252 g/mol. The third-order valence-corrected chi connectivity index (χ3v) is 3.04. The first-order valence-electron chi connectivity index (χ1n) is 7.21. The van der Waals surface area contributed by atoms with Crippen LogP contribution >= 0.6 is 0 Å². The van der Waals surface area contributed by atoms with Crippen LogP contribution in [0.15, 0.2) is 24.4 Å². The van der Waals surface area contributed by atoms with Crippen LogP contribution in [-0.4, -0.2) is 32.9 Å². The summed E-state index contributed by atoms with van der Waals surface area (Å²) in [5.41, 5.74) is 1.83. The summed E-state index contributed by atoms with van der Waals surface area (Å²) in [4.78, 5) is 4.34. The predicted molar refractivity (Wildman–Crippen MR) is 81.7 cm³/mol. The number of anilines is 1. The molecule has 20 heavy (non-hydrogen) atoms. The van der Waals surface area contributed by atoms with Gasteiger partial charge >= 0.3 is 0 Å². The van der Waals surface area contributed by atoms with Crippen LogP contribution in [0.25, 0.3) is 11.7 Å². The van der Waals surface area contributed by atoms with Gasteiger partial charge in [-0.3, -0.25) is 0 Å². The van der Waals surface area contributed by atoms with Gasteiger partial charge in [-0.1, -0.05) is 25.8 Å². The summed E-state index contributed by atoms with van der Waals surface area (Å²) in [5.74, 6) is 0.798. The average Bonchev–Trinajstić information content (AvgIpc) is 2.87. The van der Waals surface area contributed by atoms with Gasteiger partial charge in [-0.05, 0) is 31.1 Å². The van der Waals surface area contributed by atoms with E-state index >= 15 is 0 Å². The van der Waals surface area contributed by atoms with Crippen LogP contribution in [0, 0.1) is 0 Å². The van der Waals surface area contributed by atoms with Crippen molar-refractivity contribution in [3.05, 3.63) is 30.1 Å². The van der Waals surface area contributed by atoms with E-state index in [-0.39, 0.29) is 6.61 Å². The normalized spacial score (nSPS) is 11.5. The SMILES string of the molecule is CCCC/C=C/c1cnc2ccc(NCCCO)nn12. The molecular formula is C15H22N4O. The van der Waals surface area contributed by atoms with Crippen LogP contribution in [0.5, 0.6) is 0 Å². The molecule has 0 aliphatic heterocycles. The van der Waals surface area contributed by atoms with E-state index < -0.39 is 0 Å². The Labute approximate surface area is 119 Å². The highest BCUT2D eigenvalue weighted by Gasteiger charge is 2.02. The molecule has 5 heteroatoms. The van der Waals surface area contributed by atoms with E-state index in [1.165, 1.54) is 12.8 Å². The zero-order chi connectivity index (χ0) is 14.2. The van der Waals surface area contributed by atoms with Gasteiger partial charge in [0.1, 0.15) is 5.82 Å². The monoisotopic (exact) mass is 274 g/mol. The second-order valence-electron chi connectivity index (χ2n) is 4.72. The van der Waals surface area contributed by atoms with E-state index in [0.717, 1.165) is 23.6 Å². The summed E-state index contributed by atoms with van der Waals surface area (Å²) in [5, 5.41) is 16.5. The predicted octanol–water partition coefficient (Wildman–Crippen LogP) is 2.73. The second kappa shape index (κ2) is 7.65. The molecule has 0 aliphatic rings. The minimum atomic E-state index is 0.186. The Morgan fingerprint density at radius 1 is 1.35 bits per heavy atom. The molecule has 2 N–H and O–H groups in total. The number of aromatic nitrogens is 3. The standard InChI is InChI=1S/C15H22N4O/c1-2-3-4-5-7-13-12-17-15-9-8-14(18-19(13)15)16-10-6-11-20/h5,7-9,12,20H,2-4,6,10-11H2,1H3,(H,16,18)/b7-5+. The molecule has 0 radical (unpaired) electrons. The highest BCUT2D eigenvalue weighted by Crippen LogP contribution is 2.11. The smallest absolute Gasteiger partial charge is 0.154 e. The maximum absolute atomic E-state index is 8.78. The summed E-state index contributed by atoms with van der Waals surface area (Å²) < 4.78 is 1.84. The molecule has 5 nitrogen and oxygen atoms in total. The quantitative estimate of drug-likeness (QED) is 0.727. The van der Waals surface area contributed by atoms with Gasteiger partial charge in [0, 0.05) is 13.2 Å². The Bertz CT molecular complexity index is 562. The summed E-state index contributed by atoms with van der Waals surface area (Å²) in [7, 11) is 0. The largest absolute Gasteiger partial charge is 0.396 e. The average molecular weight is 274 g/mol. The number of unbranched alkanes of at least 4 members (excludes halogenated alkanes) is 2. The molecule has 0 spiro atoms. The van der Waals surface area contributed by atoms with Gasteiger partial charge < -0.3 is 10.4 Å². The highest BCUT2D eigenvalue weighted by atomic mass is 16.3. The van der Waals surface area contributed by atoms with Crippen molar-refractivity contribution in [3.63, 3.8) is 0 Å². The molecule has 108 valence electrons. The molecule has 0 aromatic carbocycles. The van der Waals surface area contributed by atoms with Gasteiger partial charge in [0.2, 0.25) is 0 Å². The van der Waals surface area contributed by atoms with Crippen LogP contribution in [-0.2, 0) is 0 Å². The molecule has 0 bridgehead atoms. The van der Waals surface area contributed by atoms with Crippen molar-refractivity contribution in [1.82, 2.24) is 14.6 Å². The van der Waals surface area contributed by atoms with Gasteiger partial charge in [0.25, 0.3) is 0 Å². The number of aliphatic hydroxyl groups excluding tert-OH is 1. The molecule has 0 aliphatic carbocycles. The lowest BCUT2D eigenvalue weighted by atomic mass is 10.2. The Kier molecular flexibility index (Phi) is 5.55. The first-order valence-corrected chi connectivity index (χ1v) is 7.21. The molecule has 0 fully saturated rings. The number of nitrogens with one attached hydrogen (secondary N) is 1. The van der Waals surface area contributed by atoms with Crippen LogP contribution in [0.4, 0.5) is 5.82 Å². The molecule has 0 unspecified atom stereocenters. The van der Waals surface area contributed by atoms with Gasteiger partial charge in [0.05, 0.1) is 11.9 Å². The van der Waals surface area contributed by atoms with Crippen LogP contribution in [0.2, 0.25) is 0 Å². The van der Waals surface area contributed by atoms with Gasteiger partial charge in [-0.25, -0.2) is 9.50 Å². The molecule has 0 saturated carbocycles. The Balaban J connectivity index is 2.10. The van der Waals surface area contributed by atoms with Crippen LogP contribution < -0.4 is 5.32 Å². The Morgan fingerprint density at radius 3 is 3.05 bits per heavy atom. The molecule has 2 heterocycles. The minimum absolute atomic E-state index is 0.186. The topological polar surface area (TPSA) is 62.5 Å². The first kappa shape index (κ1) is 14.5. The molecule has 2 aromatic rings. The summed E-state index contributed by atoms with van der Waals surface area (Å²) in [6.07, 6.45) is 10.3. The lowest BCUT2D eigenvalue weighted by Crippen LogP contribution is -2.07. The van der Waals surface area contributed by atoms with E-state index in [1.807, 2.05) is 22.8 Å². The second-order valence-corrected chi connectivity index (χ2v) is 4.72. The van der Waals surface area contributed by atoms with E-state index in [9.17, 15) is 0 Å². The van der Waals surface area contributed by atoms with Gasteiger partial charge in [-0.2, -0.15) is 0 Å². The summed E-state index contributed by atoms with van der Waals surface area (Å²) in [6.45, 7) is 3.09. The summed E-state index contributed by atoms with van der Waals surface area (Å²) >= 11 is 0. The fraction of sp³-hybridized carbons (Fsp3) is 0.467. The van der Waals surface area contributed by atoms with E-state index in [0.29, 0.717) is 13.0 Å². The number of imidazole rings is 1. The van der Waals surface area contributed by atoms with Crippen molar-refractivity contribution in [3.8, 4) is 0 Å². The molecule has 2 rings (SSSR count). The number of nitrogens with zero attached hydrogens (tertiary/aromatic N) is 3. The van der Waals surface area contributed by atoms with Gasteiger partial charge in [0.15, 0.2) is 5.65 Å². The molecule has 0 atom stereocenters. The van der Waals surface area contributed by atoms with Crippen molar-refractivity contribution < 1.29 is 5.11 Å². The lowest BCUT2D eigenvalue weighted by molar-refractivity contribution is 0.292. The number of hydrogen-bond donors (Lipinski definition) is 2. The third kappa shape index (κ3) is 3.81. The highest BCUT2D eigenvalue weighted by molar-refractivity contribution is 5.53. The van der Waals surface area contributed by atoms with Crippen molar-refractivity contribution in [2.75, 3.05) is 18.5 Å². The lowest BCUT2D eigenvalue weighted by Gasteiger charge is -2.05. The fourth-order valence-corrected chi connectivity index (χ4v) is 1.92. The van der Waals surface area contributed by atoms with Crippen molar-refractivity contribution >= 4 is 17.5 Å². The number of rotatable bonds is 8. The number of fused-ring (bicyclic) bond motifs is 1. The molecule has 2 aromatic heterocycles. The maximum atomic E-state index is 8.78. The zero-order valence-corrected chi connectivity index (χ0v) is 11.9. The van der Waals surface area contributed by atoms with Crippen molar-refractivity contribution in [2.24, 2.45) is 0 Å². The van der Waals surface area contributed by atoms with E-state index in [2.05, 4.69) is 34.5 Å². The van der Waals surface area contributed by atoms with E-state index in [4.69, 9.17) is 5.11 Å². The zero-order valence-electron chi connectivity index (χ0n) is 11.9. The molecule has 0 saturated heterocycles. The molecule has 0 amide bonds. The van der Waals surface area contributed by atoms with Gasteiger partial charge in [-0.15, -0.1) is 5.10 Å². The van der Waals surface area contributed by atoms with E-state index in [1.54, 1.807) is 0 Å². The number of aliphatic hydroxyl groups is 1. The van der Waals surface area contributed by atoms with Crippen molar-refractivity contribution in [1.29, 1.82) is 0 Å². The number of allylic oxidation sites excluding steroid dienone is 1. The Morgan fingerprint density at radius 2 is 2.25 bits per heavy atom.